The summed E-state index contributed by atoms with van der Waals surface area (Å²) >= 11 is 0. The van der Waals surface area contributed by atoms with Crippen LogP contribution in [0.15, 0.2) is 30.3 Å². The van der Waals surface area contributed by atoms with Crippen molar-refractivity contribution in [3.63, 3.8) is 0 Å². The zero-order chi connectivity index (χ0) is 13.3. The van der Waals surface area contributed by atoms with E-state index in [1.807, 2.05) is 0 Å². The number of halogens is 1. The van der Waals surface area contributed by atoms with Gasteiger partial charge in [0, 0.05) is 5.56 Å². The first-order chi connectivity index (χ1) is 8.76. The largest absolute Gasteiger partial charge is 1.00 e. The first kappa shape index (κ1) is 18.5. The van der Waals surface area contributed by atoms with Gasteiger partial charge in [-0.25, -0.2) is 0 Å². The van der Waals surface area contributed by atoms with Crippen LogP contribution < -0.4 is 12.4 Å². The van der Waals surface area contributed by atoms with Crippen LogP contribution in [0, 0.1) is 0 Å². The lowest BCUT2D eigenvalue weighted by atomic mass is 10.1. The summed E-state index contributed by atoms with van der Waals surface area (Å²) in [6.07, 6.45) is 5.24. The highest BCUT2D eigenvalue weighted by atomic mass is 35.5. The molecule has 0 saturated carbocycles. The molecule has 0 heterocycles. The van der Waals surface area contributed by atoms with Gasteiger partial charge >= 0.3 is 0 Å². The minimum absolute atomic E-state index is 0. The van der Waals surface area contributed by atoms with Gasteiger partial charge in [-0.1, -0.05) is 57.5 Å². The molecule has 0 N–H and O–H groups in total. The van der Waals surface area contributed by atoms with Crippen molar-refractivity contribution in [1.29, 1.82) is 0 Å². The zero-order valence-electron chi connectivity index (χ0n) is 12.9. The molecule has 0 radical (unpaired) electrons. The van der Waals surface area contributed by atoms with E-state index in [-0.39, 0.29) is 12.4 Å². The van der Waals surface area contributed by atoms with Gasteiger partial charge in [0.05, 0.1) is 19.6 Å². The molecule has 19 heavy (non-hydrogen) atoms. The van der Waals surface area contributed by atoms with Gasteiger partial charge in [-0.3, -0.25) is 0 Å². The zero-order valence-corrected chi connectivity index (χ0v) is 13.6. The molecule has 1 rings (SSSR count). The standard InChI is InChI=1S/C17H30N.ClH/c1-4-7-15-18(13-5-2,14-6-3)16-17-11-9-8-10-12-17;/h8-12H,4-7,13-16H2,1-3H3;1H/q+1;/p-1. The second-order valence-electron chi connectivity index (χ2n) is 5.51. The maximum Gasteiger partial charge on any atom is 0.104 e. The van der Waals surface area contributed by atoms with Crippen molar-refractivity contribution in [2.75, 3.05) is 19.6 Å². The van der Waals surface area contributed by atoms with Crippen LogP contribution in [0.4, 0.5) is 0 Å². The third-order valence-electron chi connectivity index (χ3n) is 3.74. The molecule has 0 fully saturated rings. The first-order valence-electron chi connectivity index (χ1n) is 7.65. The maximum absolute atomic E-state index is 2.32. The van der Waals surface area contributed by atoms with Crippen LogP contribution in [-0.4, -0.2) is 24.1 Å². The van der Waals surface area contributed by atoms with E-state index in [0.29, 0.717) is 0 Å². The van der Waals surface area contributed by atoms with Gasteiger partial charge in [-0.15, -0.1) is 0 Å². The SMILES string of the molecule is CCCC[N+](CCC)(CCC)Cc1ccccc1.[Cl-]. The second-order valence-corrected chi connectivity index (χ2v) is 5.51. The van der Waals surface area contributed by atoms with Gasteiger partial charge < -0.3 is 16.9 Å². The number of benzene rings is 1. The summed E-state index contributed by atoms with van der Waals surface area (Å²) in [5, 5.41) is 0. The number of unbranched alkanes of at least 4 members (excludes halogenated alkanes) is 1. The lowest BCUT2D eigenvalue weighted by Crippen LogP contribution is -3.00. The van der Waals surface area contributed by atoms with Crippen molar-refractivity contribution >= 4 is 0 Å². The summed E-state index contributed by atoms with van der Waals surface area (Å²) in [5.41, 5.74) is 1.50. The van der Waals surface area contributed by atoms with Gasteiger partial charge in [-0.05, 0) is 19.3 Å². The van der Waals surface area contributed by atoms with E-state index in [1.54, 1.807) is 0 Å². The van der Waals surface area contributed by atoms with Crippen LogP contribution in [0.5, 0.6) is 0 Å². The molecule has 2 heteroatoms. The Hall–Kier alpha value is -0.530. The van der Waals surface area contributed by atoms with Crippen molar-refractivity contribution in [3.05, 3.63) is 35.9 Å². The normalized spacial score (nSPS) is 11.1. The number of quaternary nitrogens is 1. The Kier molecular flexibility index (Phi) is 9.99. The Balaban J connectivity index is 0.00000324. The quantitative estimate of drug-likeness (QED) is 0.605. The van der Waals surface area contributed by atoms with Gasteiger partial charge in [0.2, 0.25) is 0 Å². The van der Waals surface area contributed by atoms with E-state index in [0.717, 1.165) is 0 Å². The summed E-state index contributed by atoms with van der Waals surface area (Å²) in [6.45, 7) is 12.1. The average molecular weight is 284 g/mol. The average Bonchev–Trinajstić information content (AvgIpc) is 2.38. The molecule has 1 aromatic rings. The topological polar surface area (TPSA) is 0 Å². The molecule has 0 atom stereocenters. The van der Waals surface area contributed by atoms with Gasteiger partial charge in [-0.2, -0.15) is 0 Å². The molecule has 0 bridgehead atoms. The minimum atomic E-state index is 0. The maximum atomic E-state index is 2.32. The molecule has 0 unspecified atom stereocenters. The van der Waals surface area contributed by atoms with Crippen LogP contribution in [0.1, 0.15) is 52.0 Å². The van der Waals surface area contributed by atoms with E-state index < -0.39 is 0 Å². The lowest BCUT2D eigenvalue weighted by molar-refractivity contribution is -0.941. The Morgan fingerprint density at radius 2 is 1.37 bits per heavy atom. The van der Waals surface area contributed by atoms with Crippen LogP contribution >= 0.6 is 0 Å². The third-order valence-corrected chi connectivity index (χ3v) is 3.74. The van der Waals surface area contributed by atoms with Crippen molar-refractivity contribution in [2.45, 2.75) is 53.0 Å². The summed E-state index contributed by atoms with van der Waals surface area (Å²) in [6, 6.07) is 11.0. The predicted molar refractivity (Wildman–Crippen MR) is 80.5 cm³/mol. The molecule has 0 saturated heterocycles. The monoisotopic (exact) mass is 283 g/mol. The molecule has 0 spiro atoms. The van der Waals surface area contributed by atoms with Crippen LogP contribution in [0.3, 0.4) is 0 Å². The number of hydrogen-bond acceptors (Lipinski definition) is 0. The molecule has 0 aromatic heterocycles. The fourth-order valence-electron chi connectivity index (χ4n) is 2.99. The Morgan fingerprint density at radius 1 is 0.789 bits per heavy atom. The summed E-state index contributed by atoms with van der Waals surface area (Å²) in [7, 11) is 0. The molecular formula is C17H30ClN. The highest BCUT2D eigenvalue weighted by Gasteiger charge is 2.25. The number of hydrogen-bond donors (Lipinski definition) is 0. The molecule has 1 nitrogen and oxygen atoms in total. The second kappa shape index (κ2) is 10.3. The molecule has 1 aromatic carbocycles. The van der Waals surface area contributed by atoms with Crippen LogP contribution in [0.2, 0.25) is 0 Å². The first-order valence-corrected chi connectivity index (χ1v) is 7.65. The van der Waals surface area contributed by atoms with Crippen molar-refractivity contribution in [3.8, 4) is 0 Å². The minimum Gasteiger partial charge on any atom is -1.00 e. The molecular weight excluding hydrogens is 254 g/mol. The van der Waals surface area contributed by atoms with Crippen LogP contribution in [-0.2, 0) is 6.54 Å². The van der Waals surface area contributed by atoms with E-state index in [1.165, 1.54) is 61.9 Å². The molecule has 0 amide bonds. The lowest BCUT2D eigenvalue weighted by Gasteiger charge is -2.39. The third kappa shape index (κ3) is 6.44. The Morgan fingerprint density at radius 3 is 1.84 bits per heavy atom. The van der Waals surface area contributed by atoms with E-state index in [9.17, 15) is 0 Å². The van der Waals surface area contributed by atoms with Gasteiger partial charge in [0.1, 0.15) is 6.54 Å². The van der Waals surface area contributed by atoms with Crippen molar-refractivity contribution in [2.24, 2.45) is 0 Å². The van der Waals surface area contributed by atoms with E-state index in [2.05, 4.69) is 51.1 Å². The summed E-state index contributed by atoms with van der Waals surface area (Å²) in [4.78, 5) is 0. The fourth-order valence-corrected chi connectivity index (χ4v) is 2.99. The Labute approximate surface area is 126 Å². The molecule has 0 aliphatic rings. The Bertz CT molecular complexity index is 304. The summed E-state index contributed by atoms with van der Waals surface area (Å²) < 4.78 is 1.28. The predicted octanol–water partition coefficient (Wildman–Crippen LogP) is 1.63. The molecule has 110 valence electrons. The number of rotatable bonds is 9. The highest BCUT2D eigenvalue weighted by Crippen LogP contribution is 2.18. The van der Waals surface area contributed by atoms with Gasteiger partial charge in [0.25, 0.3) is 0 Å². The van der Waals surface area contributed by atoms with E-state index in [4.69, 9.17) is 0 Å². The smallest absolute Gasteiger partial charge is 0.104 e. The summed E-state index contributed by atoms with van der Waals surface area (Å²) in [5.74, 6) is 0. The number of nitrogens with zero attached hydrogens (tertiary/aromatic N) is 1. The molecule has 0 aliphatic heterocycles. The van der Waals surface area contributed by atoms with Crippen molar-refractivity contribution < 1.29 is 16.9 Å². The van der Waals surface area contributed by atoms with Gasteiger partial charge in [0.15, 0.2) is 0 Å². The fraction of sp³-hybridized carbons (Fsp3) is 0.647. The molecule has 0 aliphatic carbocycles. The van der Waals surface area contributed by atoms with Crippen LogP contribution in [0.25, 0.3) is 0 Å². The van der Waals surface area contributed by atoms with Crippen molar-refractivity contribution in [1.82, 2.24) is 0 Å². The highest BCUT2D eigenvalue weighted by molar-refractivity contribution is 5.13. The van der Waals surface area contributed by atoms with E-state index >= 15 is 0 Å².